The summed E-state index contributed by atoms with van der Waals surface area (Å²) in [5.74, 6) is -0.860. The van der Waals surface area contributed by atoms with Crippen LogP contribution in [-0.4, -0.2) is 19.8 Å². The number of aromatic nitrogens is 1. The molecule has 0 amide bonds. The van der Waals surface area contributed by atoms with E-state index in [1.807, 2.05) is 0 Å². The van der Waals surface area contributed by atoms with Crippen molar-refractivity contribution in [3.63, 3.8) is 0 Å². The third-order valence-corrected chi connectivity index (χ3v) is 4.54. The number of benzene rings is 1. The zero-order valence-electron chi connectivity index (χ0n) is 10.9. The number of halogens is 5. The molecular formula is C12H7BrClF3N2O3S. The van der Waals surface area contributed by atoms with Gasteiger partial charge in [0.05, 0.1) is 11.9 Å². The number of ether oxygens (including phenoxy) is 1. The monoisotopic (exact) mass is 430 g/mol. The molecule has 0 aliphatic rings. The highest BCUT2D eigenvalue weighted by Gasteiger charge is 2.34. The van der Waals surface area contributed by atoms with Gasteiger partial charge in [-0.25, -0.2) is 13.4 Å². The summed E-state index contributed by atoms with van der Waals surface area (Å²) in [7, 11) is -4.32. The van der Waals surface area contributed by atoms with Gasteiger partial charge in [0.2, 0.25) is 0 Å². The molecule has 124 valence electrons. The number of hydrogen-bond donors (Lipinski definition) is 1. The second-order valence-electron chi connectivity index (χ2n) is 4.11. The van der Waals surface area contributed by atoms with Crippen LogP contribution in [0.1, 0.15) is 0 Å². The lowest BCUT2D eigenvalue weighted by Gasteiger charge is -2.14. The van der Waals surface area contributed by atoms with Crippen molar-refractivity contribution in [1.29, 1.82) is 0 Å². The van der Waals surface area contributed by atoms with Crippen molar-refractivity contribution in [2.75, 3.05) is 4.72 Å². The highest BCUT2D eigenvalue weighted by atomic mass is 79.9. The van der Waals surface area contributed by atoms with Gasteiger partial charge in [-0.3, -0.25) is 4.72 Å². The number of alkyl halides is 3. The Morgan fingerprint density at radius 1 is 1.22 bits per heavy atom. The molecule has 0 aliphatic heterocycles. The second-order valence-corrected chi connectivity index (χ2v) is 7.07. The Balaban J connectivity index is 2.41. The van der Waals surface area contributed by atoms with E-state index in [9.17, 15) is 21.6 Å². The predicted octanol–water partition coefficient (Wildman–Crippen LogP) is 4.20. The van der Waals surface area contributed by atoms with Crippen LogP contribution in [0.3, 0.4) is 0 Å². The number of nitrogens with zero attached hydrogens (tertiary/aromatic N) is 1. The minimum absolute atomic E-state index is 0.0373. The molecular weight excluding hydrogens is 425 g/mol. The average molecular weight is 432 g/mol. The molecule has 0 saturated carbocycles. The zero-order valence-corrected chi connectivity index (χ0v) is 14.1. The molecule has 23 heavy (non-hydrogen) atoms. The van der Waals surface area contributed by atoms with E-state index in [2.05, 4.69) is 30.4 Å². The van der Waals surface area contributed by atoms with Gasteiger partial charge in [-0.2, -0.15) is 0 Å². The molecule has 5 nitrogen and oxygen atoms in total. The van der Waals surface area contributed by atoms with Crippen LogP contribution in [0.25, 0.3) is 0 Å². The lowest BCUT2D eigenvalue weighted by molar-refractivity contribution is -0.275. The van der Waals surface area contributed by atoms with Crippen LogP contribution >= 0.6 is 27.5 Å². The Labute approximate surface area is 142 Å². The van der Waals surface area contributed by atoms with Crippen LogP contribution in [0, 0.1) is 0 Å². The molecule has 0 aliphatic carbocycles. The van der Waals surface area contributed by atoms with Crippen LogP contribution in [0.2, 0.25) is 5.15 Å². The quantitative estimate of drug-likeness (QED) is 0.737. The number of anilines is 1. The minimum Gasteiger partial charge on any atom is -0.404 e. The molecule has 11 heteroatoms. The van der Waals surface area contributed by atoms with E-state index >= 15 is 0 Å². The number of sulfonamides is 1. The lowest BCUT2D eigenvalue weighted by Crippen LogP contribution is -2.21. The first-order chi connectivity index (χ1) is 10.6. The lowest BCUT2D eigenvalue weighted by atomic mass is 10.3. The van der Waals surface area contributed by atoms with Gasteiger partial charge in [0, 0.05) is 4.47 Å². The van der Waals surface area contributed by atoms with E-state index in [0.29, 0.717) is 0 Å². The van der Waals surface area contributed by atoms with Crippen molar-refractivity contribution >= 4 is 43.2 Å². The fourth-order valence-corrected chi connectivity index (χ4v) is 3.16. The molecule has 0 radical (unpaired) electrons. The Morgan fingerprint density at radius 2 is 1.91 bits per heavy atom. The van der Waals surface area contributed by atoms with Gasteiger partial charge < -0.3 is 4.74 Å². The summed E-state index contributed by atoms with van der Waals surface area (Å²) in [4.78, 5) is 3.00. The standard InChI is InChI=1S/C12H7BrClF3N2O3S/c13-7-1-3-10(9(5-7)22-12(15,16)17)23(20,21)19-8-2-4-11(14)18-6-8/h1-6,19H. The summed E-state index contributed by atoms with van der Waals surface area (Å²) in [6.07, 6.45) is -3.91. The van der Waals surface area contributed by atoms with Gasteiger partial charge in [-0.15, -0.1) is 13.2 Å². The first-order valence-electron chi connectivity index (χ1n) is 5.76. The zero-order chi connectivity index (χ0) is 17.3. The number of nitrogens with one attached hydrogen (secondary N) is 1. The fraction of sp³-hybridized carbons (Fsp3) is 0.0833. The van der Waals surface area contributed by atoms with E-state index in [4.69, 9.17) is 11.6 Å². The summed E-state index contributed by atoms with van der Waals surface area (Å²) in [6, 6.07) is 5.81. The topological polar surface area (TPSA) is 68.3 Å². The van der Waals surface area contributed by atoms with Crippen LogP contribution in [0.4, 0.5) is 18.9 Å². The second kappa shape index (κ2) is 6.54. The van der Waals surface area contributed by atoms with Gasteiger partial charge in [-0.1, -0.05) is 27.5 Å². The van der Waals surface area contributed by atoms with Crippen LogP contribution < -0.4 is 9.46 Å². The maximum atomic E-state index is 12.4. The molecule has 0 saturated heterocycles. The summed E-state index contributed by atoms with van der Waals surface area (Å²) in [6.45, 7) is 0. The molecule has 0 unspecified atom stereocenters. The molecule has 2 aromatic rings. The predicted molar refractivity (Wildman–Crippen MR) is 80.9 cm³/mol. The van der Waals surface area contributed by atoms with E-state index < -0.39 is 27.0 Å². The van der Waals surface area contributed by atoms with Crippen LogP contribution in [0.15, 0.2) is 45.9 Å². The first-order valence-corrected chi connectivity index (χ1v) is 8.42. The highest BCUT2D eigenvalue weighted by molar-refractivity contribution is 9.10. The van der Waals surface area contributed by atoms with E-state index in [-0.39, 0.29) is 15.3 Å². The van der Waals surface area contributed by atoms with Crippen molar-refractivity contribution < 1.29 is 26.3 Å². The largest absolute Gasteiger partial charge is 0.573 e. The molecule has 0 fully saturated rings. The summed E-state index contributed by atoms with van der Waals surface area (Å²) < 4.78 is 67.9. The smallest absolute Gasteiger partial charge is 0.404 e. The van der Waals surface area contributed by atoms with Crippen LogP contribution in [0.5, 0.6) is 5.75 Å². The molecule has 0 bridgehead atoms. The number of hydrogen-bond acceptors (Lipinski definition) is 4. The maximum absolute atomic E-state index is 12.4. The summed E-state index contributed by atoms with van der Waals surface area (Å²) >= 11 is 8.53. The molecule has 1 aromatic carbocycles. The Bertz CT molecular complexity index is 813. The van der Waals surface area contributed by atoms with Crippen molar-refractivity contribution in [3.05, 3.63) is 46.2 Å². The fourth-order valence-electron chi connectivity index (χ4n) is 1.55. The van der Waals surface area contributed by atoms with E-state index in [1.165, 1.54) is 18.2 Å². The SMILES string of the molecule is O=S(=O)(Nc1ccc(Cl)nc1)c1ccc(Br)cc1OC(F)(F)F. The van der Waals surface area contributed by atoms with Crippen molar-refractivity contribution in [2.24, 2.45) is 0 Å². The third kappa shape index (κ3) is 4.98. The van der Waals surface area contributed by atoms with E-state index in [1.54, 1.807) is 0 Å². The number of rotatable bonds is 4. The van der Waals surface area contributed by atoms with Crippen molar-refractivity contribution in [2.45, 2.75) is 11.3 Å². The first kappa shape index (κ1) is 17.8. The van der Waals surface area contributed by atoms with Gasteiger partial charge in [-0.05, 0) is 30.3 Å². The van der Waals surface area contributed by atoms with Gasteiger partial charge in [0.25, 0.3) is 10.0 Å². The summed E-state index contributed by atoms with van der Waals surface area (Å²) in [5, 5.41) is 0.137. The van der Waals surface area contributed by atoms with Crippen molar-refractivity contribution in [3.8, 4) is 5.75 Å². The minimum atomic E-state index is -5.03. The molecule has 1 N–H and O–H groups in total. The molecule has 0 spiro atoms. The molecule has 1 heterocycles. The molecule has 1 aromatic heterocycles. The van der Waals surface area contributed by atoms with E-state index in [0.717, 1.165) is 18.3 Å². The Morgan fingerprint density at radius 3 is 2.48 bits per heavy atom. The van der Waals surface area contributed by atoms with Gasteiger partial charge in [0.15, 0.2) is 5.75 Å². The molecule has 2 rings (SSSR count). The average Bonchev–Trinajstić information content (AvgIpc) is 2.39. The molecule has 0 atom stereocenters. The van der Waals surface area contributed by atoms with Gasteiger partial charge >= 0.3 is 6.36 Å². The van der Waals surface area contributed by atoms with Crippen LogP contribution in [-0.2, 0) is 10.0 Å². The normalized spacial score (nSPS) is 12.0. The Hall–Kier alpha value is -1.52. The summed E-state index contributed by atoms with van der Waals surface area (Å²) in [5.41, 5.74) is 0.0373. The third-order valence-electron chi connectivity index (χ3n) is 2.40. The highest BCUT2D eigenvalue weighted by Crippen LogP contribution is 2.33. The van der Waals surface area contributed by atoms with Crippen molar-refractivity contribution in [1.82, 2.24) is 4.98 Å². The van der Waals surface area contributed by atoms with Gasteiger partial charge in [0.1, 0.15) is 10.0 Å². The maximum Gasteiger partial charge on any atom is 0.573 e. The number of pyridine rings is 1. The Kier molecular flexibility index (Phi) is 5.07.